The van der Waals surface area contributed by atoms with Crippen LogP contribution in [-0.4, -0.2) is 43.6 Å². The lowest BCUT2D eigenvalue weighted by atomic mass is 10.1. The second-order valence-corrected chi connectivity index (χ2v) is 6.46. The zero-order valence-corrected chi connectivity index (χ0v) is 12.0. The average Bonchev–Trinajstić information content (AvgIpc) is 2.47. The molecule has 1 aromatic rings. The van der Waals surface area contributed by atoms with Gasteiger partial charge in [-0.25, -0.2) is 17.9 Å². The summed E-state index contributed by atoms with van der Waals surface area (Å²) in [6, 6.07) is 7.52. The number of rotatable bonds is 3. The van der Waals surface area contributed by atoms with E-state index in [4.69, 9.17) is 10.4 Å². The molecule has 0 unspecified atom stereocenters. The summed E-state index contributed by atoms with van der Waals surface area (Å²) in [4.78, 5) is 12.0. The molecule has 112 valence electrons. The molecule has 1 heterocycles. The molecular weight excluding hydrogens is 294 g/mol. The molecule has 0 bridgehead atoms. The molecule has 8 heteroatoms. The van der Waals surface area contributed by atoms with Gasteiger partial charge in [0, 0.05) is 19.1 Å². The third-order valence-electron chi connectivity index (χ3n) is 3.38. The number of likely N-dealkylation sites (tertiary alicyclic amines) is 1. The van der Waals surface area contributed by atoms with Crippen LogP contribution in [0.1, 0.15) is 18.4 Å². The molecule has 21 heavy (non-hydrogen) atoms. The van der Waals surface area contributed by atoms with Crippen molar-refractivity contribution in [2.24, 2.45) is 0 Å². The topological polar surface area (TPSA) is 110 Å². The number of hydrogen-bond acceptors (Lipinski definition) is 4. The van der Waals surface area contributed by atoms with Gasteiger partial charge in [-0.2, -0.15) is 5.26 Å². The van der Waals surface area contributed by atoms with E-state index in [2.05, 4.69) is 4.72 Å². The first-order chi connectivity index (χ1) is 9.94. The van der Waals surface area contributed by atoms with Gasteiger partial charge >= 0.3 is 6.09 Å². The molecule has 0 atom stereocenters. The first-order valence-electron chi connectivity index (χ1n) is 6.43. The van der Waals surface area contributed by atoms with Gasteiger partial charge in [-0.3, -0.25) is 0 Å². The van der Waals surface area contributed by atoms with Crippen LogP contribution in [0, 0.1) is 11.3 Å². The SMILES string of the molecule is N#Cc1ccccc1S(=O)(=O)NC1CCN(C(=O)O)CC1. The second kappa shape index (κ2) is 6.11. The maximum absolute atomic E-state index is 12.3. The summed E-state index contributed by atoms with van der Waals surface area (Å²) < 4.78 is 27.2. The van der Waals surface area contributed by atoms with Crippen molar-refractivity contribution in [2.45, 2.75) is 23.8 Å². The fourth-order valence-electron chi connectivity index (χ4n) is 2.26. The van der Waals surface area contributed by atoms with Crippen LogP contribution >= 0.6 is 0 Å². The zero-order chi connectivity index (χ0) is 15.5. The van der Waals surface area contributed by atoms with Gasteiger partial charge in [-0.1, -0.05) is 12.1 Å². The Labute approximate surface area is 122 Å². The highest BCUT2D eigenvalue weighted by atomic mass is 32.2. The van der Waals surface area contributed by atoms with Crippen molar-refractivity contribution in [2.75, 3.05) is 13.1 Å². The molecule has 0 radical (unpaired) electrons. The lowest BCUT2D eigenvalue weighted by Crippen LogP contribution is -2.46. The molecular formula is C13H15N3O4S. The van der Waals surface area contributed by atoms with E-state index in [1.807, 2.05) is 6.07 Å². The molecule has 1 fully saturated rings. The van der Waals surface area contributed by atoms with Gasteiger partial charge in [0.05, 0.1) is 10.5 Å². The van der Waals surface area contributed by atoms with Crippen molar-refractivity contribution < 1.29 is 18.3 Å². The van der Waals surface area contributed by atoms with E-state index in [1.54, 1.807) is 12.1 Å². The molecule has 1 amide bonds. The van der Waals surface area contributed by atoms with E-state index >= 15 is 0 Å². The third kappa shape index (κ3) is 3.51. The summed E-state index contributed by atoms with van der Waals surface area (Å²) in [6.45, 7) is 0.588. The number of hydrogen-bond donors (Lipinski definition) is 2. The lowest BCUT2D eigenvalue weighted by Gasteiger charge is -2.30. The van der Waals surface area contributed by atoms with Crippen LogP contribution in [0.3, 0.4) is 0 Å². The van der Waals surface area contributed by atoms with Gasteiger partial charge in [-0.05, 0) is 25.0 Å². The first-order valence-corrected chi connectivity index (χ1v) is 7.91. The van der Waals surface area contributed by atoms with Crippen LogP contribution in [0.4, 0.5) is 4.79 Å². The minimum atomic E-state index is -3.78. The number of sulfonamides is 1. The number of piperidine rings is 1. The van der Waals surface area contributed by atoms with Crippen LogP contribution in [0.15, 0.2) is 29.2 Å². The second-order valence-electron chi connectivity index (χ2n) is 4.77. The Kier molecular flexibility index (Phi) is 4.45. The largest absolute Gasteiger partial charge is 0.465 e. The van der Waals surface area contributed by atoms with Crippen LogP contribution in [-0.2, 0) is 10.0 Å². The van der Waals surface area contributed by atoms with Gasteiger partial charge in [0.15, 0.2) is 0 Å². The number of nitrogens with zero attached hydrogens (tertiary/aromatic N) is 2. The van der Waals surface area contributed by atoms with E-state index in [9.17, 15) is 13.2 Å². The van der Waals surface area contributed by atoms with Crippen molar-refractivity contribution in [1.29, 1.82) is 5.26 Å². The molecule has 1 saturated heterocycles. The van der Waals surface area contributed by atoms with Crippen molar-refractivity contribution in [3.05, 3.63) is 29.8 Å². The van der Waals surface area contributed by atoms with Crippen molar-refractivity contribution in [1.82, 2.24) is 9.62 Å². The number of benzene rings is 1. The molecule has 0 saturated carbocycles. The Morgan fingerprint density at radius 3 is 2.52 bits per heavy atom. The molecule has 0 aliphatic carbocycles. The van der Waals surface area contributed by atoms with Crippen molar-refractivity contribution in [3.63, 3.8) is 0 Å². The predicted molar refractivity (Wildman–Crippen MR) is 74.1 cm³/mol. The molecule has 0 spiro atoms. The fourth-order valence-corrected chi connectivity index (χ4v) is 3.73. The Balaban J connectivity index is 2.09. The Morgan fingerprint density at radius 2 is 1.95 bits per heavy atom. The molecule has 2 N–H and O–H groups in total. The summed E-state index contributed by atoms with van der Waals surface area (Å²) >= 11 is 0. The number of nitriles is 1. The summed E-state index contributed by atoms with van der Waals surface area (Å²) in [5.41, 5.74) is 0.0907. The highest BCUT2D eigenvalue weighted by Gasteiger charge is 2.27. The van der Waals surface area contributed by atoms with E-state index in [1.165, 1.54) is 17.0 Å². The minimum Gasteiger partial charge on any atom is -0.465 e. The maximum atomic E-state index is 12.3. The van der Waals surface area contributed by atoms with E-state index < -0.39 is 16.1 Å². The lowest BCUT2D eigenvalue weighted by molar-refractivity contribution is 0.131. The summed E-state index contributed by atoms with van der Waals surface area (Å²) in [7, 11) is -3.78. The monoisotopic (exact) mass is 309 g/mol. The normalized spacial score (nSPS) is 16.4. The van der Waals surface area contributed by atoms with E-state index in [0.29, 0.717) is 25.9 Å². The average molecular weight is 309 g/mol. The summed E-state index contributed by atoms with van der Waals surface area (Å²) in [5, 5.41) is 17.8. The van der Waals surface area contributed by atoms with Gasteiger partial charge in [0.2, 0.25) is 10.0 Å². The van der Waals surface area contributed by atoms with E-state index in [0.717, 1.165) is 0 Å². The maximum Gasteiger partial charge on any atom is 0.407 e. The van der Waals surface area contributed by atoms with Crippen molar-refractivity contribution >= 4 is 16.1 Å². The van der Waals surface area contributed by atoms with E-state index in [-0.39, 0.29) is 16.5 Å². The number of amides is 1. The highest BCUT2D eigenvalue weighted by molar-refractivity contribution is 7.89. The van der Waals surface area contributed by atoms with Crippen LogP contribution in [0.2, 0.25) is 0 Å². The van der Waals surface area contributed by atoms with Crippen LogP contribution < -0.4 is 4.72 Å². The number of nitrogens with one attached hydrogen (secondary N) is 1. The predicted octanol–water partition coefficient (Wildman–Crippen LogP) is 0.979. The summed E-state index contributed by atoms with van der Waals surface area (Å²) in [6.07, 6.45) is -0.160. The quantitative estimate of drug-likeness (QED) is 0.864. The first kappa shape index (κ1) is 15.3. The molecule has 7 nitrogen and oxygen atoms in total. The standard InChI is InChI=1S/C13H15N3O4S/c14-9-10-3-1-2-4-12(10)21(19,20)15-11-5-7-16(8-6-11)13(17)18/h1-4,11,15H,5-8H2,(H,17,18). The Hall–Kier alpha value is -2.11. The van der Waals surface area contributed by atoms with Gasteiger partial charge in [-0.15, -0.1) is 0 Å². The van der Waals surface area contributed by atoms with Gasteiger partial charge in [0.25, 0.3) is 0 Å². The molecule has 0 aromatic heterocycles. The highest BCUT2D eigenvalue weighted by Crippen LogP contribution is 2.17. The number of carbonyl (C=O) groups is 1. The molecule has 1 aromatic carbocycles. The smallest absolute Gasteiger partial charge is 0.407 e. The fraction of sp³-hybridized carbons (Fsp3) is 0.385. The zero-order valence-electron chi connectivity index (χ0n) is 11.2. The van der Waals surface area contributed by atoms with Crippen molar-refractivity contribution in [3.8, 4) is 6.07 Å². The summed E-state index contributed by atoms with van der Waals surface area (Å²) in [5.74, 6) is 0. The van der Waals surface area contributed by atoms with Gasteiger partial charge < -0.3 is 10.0 Å². The molecule has 1 aliphatic rings. The molecule has 2 rings (SSSR count). The van der Waals surface area contributed by atoms with Crippen LogP contribution in [0.5, 0.6) is 0 Å². The number of carboxylic acid groups (broad SMARTS) is 1. The van der Waals surface area contributed by atoms with Crippen LogP contribution in [0.25, 0.3) is 0 Å². The molecule has 1 aliphatic heterocycles. The third-order valence-corrected chi connectivity index (χ3v) is 4.96. The Bertz CT molecular complexity index is 673. The Morgan fingerprint density at radius 1 is 1.33 bits per heavy atom. The minimum absolute atomic E-state index is 0.0480. The van der Waals surface area contributed by atoms with Gasteiger partial charge in [0.1, 0.15) is 6.07 Å².